The van der Waals surface area contributed by atoms with Gasteiger partial charge in [-0.25, -0.2) is 0 Å². The molecule has 0 aliphatic carbocycles. The number of halogens is 1. The molecular weight excluding hydrogens is 496 g/mol. The predicted octanol–water partition coefficient (Wildman–Crippen LogP) is 2.42. The van der Waals surface area contributed by atoms with Crippen LogP contribution >= 0.6 is 11.6 Å². The fraction of sp³-hybridized carbons (Fsp3) is 0.333. The van der Waals surface area contributed by atoms with Gasteiger partial charge in [0.1, 0.15) is 17.5 Å². The lowest BCUT2D eigenvalue weighted by atomic mass is 9.93. The molecule has 194 valence electrons. The fourth-order valence-corrected chi connectivity index (χ4v) is 4.87. The summed E-state index contributed by atoms with van der Waals surface area (Å²) in [5.74, 6) is -2.63. The Labute approximate surface area is 219 Å². The van der Waals surface area contributed by atoms with Gasteiger partial charge in [0.05, 0.1) is 19.0 Å². The number of Topliss-reactive ketones (excluding diaryl/α,β-unsaturated/α-hetero) is 1. The number of hydrogen-bond donors (Lipinski definition) is 3. The minimum Gasteiger partial charge on any atom is -0.496 e. The molecule has 10 heteroatoms. The standard InChI is InChI=1S/C27H29ClN4O5/c1-37-24-9-5-8-20-18(24)14-21(31-20)27(36)32(26(35)19(29)12-16-6-3-2-4-7-16)22(23(33)15-28)13-17-10-11-30-25(17)34/h2-9,14,17,19,22,31H,10-13,15,29H2,1H3,(H,30,34)/t17-,19?,22?/m0/s1. The van der Waals surface area contributed by atoms with Gasteiger partial charge in [-0.05, 0) is 43.0 Å². The maximum Gasteiger partial charge on any atom is 0.277 e. The Morgan fingerprint density at radius 1 is 1.16 bits per heavy atom. The zero-order chi connectivity index (χ0) is 26.5. The summed E-state index contributed by atoms with van der Waals surface area (Å²) >= 11 is 5.93. The molecule has 3 atom stereocenters. The number of imide groups is 1. The summed E-state index contributed by atoms with van der Waals surface area (Å²) in [4.78, 5) is 57.0. The van der Waals surface area contributed by atoms with Crippen LogP contribution in [0.1, 0.15) is 28.9 Å². The molecule has 1 aliphatic heterocycles. The average Bonchev–Trinajstić information content (AvgIpc) is 3.54. The van der Waals surface area contributed by atoms with Gasteiger partial charge in [-0.2, -0.15) is 0 Å². The van der Waals surface area contributed by atoms with Crippen LogP contribution < -0.4 is 15.8 Å². The van der Waals surface area contributed by atoms with Gasteiger partial charge in [0.15, 0.2) is 5.78 Å². The third-order valence-electron chi connectivity index (χ3n) is 6.63. The monoisotopic (exact) mass is 524 g/mol. The van der Waals surface area contributed by atoms with Gasteiger partial charge in [0, 0.05) is 23.4 Å². The Balaban J connectivity index is 1.74. The number of nitrogens with one attached hydrogen (secondary N) is 2. The first kappa shape index (κ1) is 26.4. The molecule has 3 aromatic rings. The van der Waals surface area contributed by atoms with Crippen LogP contribution in [0, 0.1) is 5.92 Å². The molecule has 1 saturated heterocycles. The van der Waals surface area contributed by atoms with E-state index in [1.54, 1.807) is 24.3 Å². The summed E-state index contributed by atoms with van der Waals surface area (Å²) < 4.78 is 5.39. The number of rotatable bonds is 10. The molecule has 2 unspecified atom stereocenters. The highest BCUT2D eigenvalue weighted by Gasteiger charge is 2.41. The number of aromatic amines is 1. The number of nitrogens with zero attached hydrogens (tertiary/aromatic N) is 1. The highest BCUT2D eigenvalue weighted by Crippen LogP contribution is 2.28. The highest BCUT2D eigenvalue weighted by atomic mass is 35.5. The van der Waals surface area contributed by atoms with Crippen LogP contribution in [0.4, 0.5) is 0 Å². The van der Waals surface area contributed by atoms with E-state index >= 15 is 0 Å². The topological polar surface area (TPSA) is 135 Å². The van der Waals surface area contributed by atoms with E-state index in [2.05, 4.69) is 10.3 Å². The van der Waals surface area contributed by atoms with Crippen molar-refractivity contribution >= 4 is 46.0 Å². The van der Waals surface area contributed by atoms with Gasteiger partial charge in [-0.1, -0.05) is 36.4 Å². The molecule has 2 aromatic carbocycles. The summed E-state index contributed by atoms with van der Waals surface area (Å²) in [7, 11) is 1.52. The van der Waals surface area contributed by atoms with Crippen LogP contribution in [0.2, 0.25) is 0 Å². The molecule has 4 rings (SSSR count). The number of aromatic nitrogens is 1. The van der Waals surface area contributed by atoms with E-state index in [1.165, 1.54) is 7.11 Å². The third-order valence-corrected chi connectivity index (χ3v) is 6.90. The van der Waals surface area contributed by atoms with E-state index in [9.17, 15) is 19.2 Å². The molecule has 2 heterocycles. The number of carbonyl (C=O) groups excluding carboxylic acids is 4. The SMILES string of the molecule is COc1cccc2[nH]c(C(=O)N(C(=O)C(N)Cc3ccccc3)C(C[C@@H]3CCNC3=O)C(=O)CCl)cc12. The number of carbonyl (C=O) groups is 4. The lowest BCUT2D eigenvalue weighted by Crippen LogP contribution is -2.55. The normalized spacial score (nSPS) is 16.7. The number of nitrogens with two attached hydrogens (primary N) is 1. The molecule has 0 radical (unpaired) electrons. The number of H-pyrrole nitrogens is 1. The predicted molar refractivity (Wildman–Crippen MR) is 139 cm³/mol. The first-order chi connectivity index (χ1) is 17.8. The van der Waals surface area contributed by atoms with Gasteiger partial charge in [-0.3, -0.25) is 24.1 Å². The maximum absolute atomic E-state index is 13.9. The van der Waals surface area contributed by atoms with Gasteiger partial charge in [0.2, 0.25) is 11.8 Å². The fourth-order valence-electron chi connectivity index (χ4n) is 4.69. The number of amides is 3. The Bertz CT molecular complexity index is 1310. The second-order valence-electron chi connectivity index (χ2n) is 9.04. The van der Waals surface area contributed by atoms with Crippen molar-refractivity contribution in [3.8, 4) is 5.75 Å². The molecule has 1 fully saturated rings. The van der Waals surface area contributed by atoms with Crippen molar-refractivity contribution in [2.24, 2.45) is 11.7 Å². The van der Waals surface area contributed by atoms with E-state index in [0.29, 0.717) is 29.6 Å². The number of methoxy groups -OCH3 is 1. The van der Waals surface area contributed by atoms with E-state index in [1.807, 2.05) is 30.3 Å². The smallest absolute Gasteiger partial charge is 0.277 e. The minimum absolute atomic E-state index is 0.0313. The maximum atomic E-state index is 13.9. The van der Waals surface area contributed by atoms with E-state index in [-0.39, 0.29) is 24.4 Å². The van der Waals surface area contributed by atoms with Crippen molar-refractivity contribution in [3.05, 3.63) is 65.9 Å². The molecule has 9 nitrogen and oxygen atoms in total. The first-order valence-corrected chi connectivity index (χ1v) is 12.6. The molecular formula is C27H29ClN4O5. The zero-order valence-corrected chi connectivity index (χ0v) is 21.2. The molecule has 0 spiro atoms. The molecule has 0 bridgehead atoms. The van der Waals surface area contributed by atoms with Crippen molar-refractivity contribution < 1.29 is 23.9 Å². The van der Waals surface area contributed by atoms with Crippen molar-refractivity contribution in [1.82, 2.24) is 15.2 Å². The summed E-state index contributed by atoms with van der Waals surface area (Å²) in [5, 5.41) is 3.37. The Morgan fingerprint density at radius 3 is 2.57 bits per heavy atom. The van der Waals surface area contributed by atoms with Crippen molar-refractivity contribution in [3.63, 3.8) is 0 Å². The van der Waals surface area contributed by atoms with E-state index in [4.69, 9.17) is 22.1 Å². The Hall–Kier alpha value is -3.69. The van der Waals surface area contributed by atoms with Crippen LogP contribution in [0.5, 0.6) is 5.75 Å². The lowest BCUT2D eigenvalue weighted by molar-refractivity contribution is -0.138. The highest BCUT2D eigenvalue weighted by molar-refractivity contribution is 6.29. The van der Waals surface area contributed by atoms with E-state index in [0.717, 1.165) is 10.5 Å². The van der Waals surface area contributed by atoms with Gasteiger partial charge < -0.3 is 20.8 Å². The molecule has 1 aromatic heterocycles. The third kappa shape index (κ3) is 5.68. The number of benzene rings is 2. The quantitative estimate of drug-likeness (QED) is 0.349. The molecule has 1 aliphatic rings. The van der Waals surface area contributed by atoms with Gasteiger partial charge in [-0.15, -0.1) is 11.6 Å². The first-order valence-electron chi connectivity index (χ1n) is 12.0. The van der Waals surface area contributed by atoms with Crippen molar-refractivity contribution in [1.29, 1.82) is 0 Å². The summed E-state index contributed by atoms with van der Waals surface area (Å²) in [6.45, 7) is 0.461. The minimum atomic E-state index is -1.25. The Morgan fingerprint density at radius 2 is 1.92 bits per heavy atom. The van der Waals surface area contributed by atoms with Gasteiger partial charge in [0.25, 0.3) is 5.91 Å². The number of hydrogen-bond acceptors (Lipinski definition) is 6. The molecule has 4 N–H and O–H groups in total. The van der Waals surface area contributed by atoms with Crippen LogP contribution in [-0.2, 0) is 20.8 Å². The number of fused-ring (bicyclic) bond motifs is 1. The van der Waals surface area contributed by atoms with Crippen molar-refractivity contribution in [2.45, 2.75) is 31.3 Å². The number of ketones is 1. The van der Waals surface area contributed by atoms with Crippen LogP contribution in [0.25, 0.3) is 10.9 Å². The summed E-state index contributed by atoms with van der Waals surface area (Å²) in [5.41, 5.74) is 7.82. The summed E-state index contributed by atoms with van der Waals surface area (Å²) in [6.07, 6.45) is 0.618. The van der Waals surface area contributed by atoms with E-state index < -0.39 is 41.5 Å². The molecule has 37 heavy (non-hydrogen) atoms. The molecule has 3 amide bonds. The second kappa shape index (κ2) is 11.6. The largest absolute Gasteiger partial charge is 0.496 e. The van der Waals surface area contributed by atoms with Crippen LogP contribution in [0.15, 0.2) is 54.6 Å². The van der Waals surface area contributed by atoms with Crippen molar-refractivity contribution in [2.75, 3.05) is 19.5 Å². The average molecular weight is 525 g/mol. The van der Waals surface area contributed by atoms with Crippen LogP contribution in [0.3, 0.4) is 0 Å². The Kier molecular flexibility index (Phi) is 8.25. The molecule has 0 saturated carbocycles. The number of ether oxygens (including phenoxy) is 1. The number of alkyl halides is 1. The second-order valence-corrected chi connectivity index (χ2v) is 9.31. The lowest BCUT2D eigenvalue weighted by Gasteiger charge is -2.31. The zero-order valence-electron chi connectivity index (χ0n) is 20.4. The summed E-state index contributed by atoms with van der Waals surface area (Å²) in [6, 6.07) is 13.7. The van der Waals surface area contributed by atoms with Gasteiger partial charge >= 0.3 is 0 Å². The van der Waals surface area contributed by atoms with Crippen LogP contribution in [-0.4, -0.2) is 65.0 Å².